The number of aromatic carboxylic acids is 1. The van der Waals surface area contributed by atoms with E-state index in [1.54, 1.807) is 0 Å². The molecule has 0 radical (unpaired) electrons. The summed E-state index contributed by atoms with van der Waals surface area (Å²) >= 11 is 0. The van der Waals surface area contributed by atoms with Crippen LogP contribution in [0.4, 0.5) is 0 Å². The molecule has 2 rings (SSSR count). The number of hydrogen-bond acceptors (Lipinski definition) is 4. The number of aromatic amines is 1. The average molecular weight is 209 g/mol. The number of phenols is 3. The fourth-order valence-electron chi connectivity index (χ4n) is 1.35. The summed E-state index contributed by atoms with van der Waals surface area (Å²) in [5.74, 6) is -2.95. The van der Waals surface area contributed by atoms with E-state index in [4.69, 9.17) is 5.11 Å². The van der Waals surface area contributed by atoms with Gasteiger partial charge in [0, 0.05) is 5.39 Å². The summed E-state index contributed by atoms with van der Waals surface area (Å²) in [6.07, 6.45) is 0. The first-order valence-electron chi connectivity index (χ1n) is 4.00. The van der Waals surface area contributed by atoms with E-state index in [1.165, 1.54) is 6.07 Å². The molecule has 1 aromatic carbocycles. The van der Waals surface area contributed by atoms with Crippen LogP contribution in [0, 0.1) is 0 Å². The van der Waals surface area contributed by atoms with Crippen molar-refractivity contribution in [2.24, 2.45) is 0 Å². The van der Waals surface area contributed by atoms with E-state index >= 15 is 0 Å². The largest absolute Gasteiger partial charge is 0.504 e. The summed E-state index contributed by atoms with van der Waals surface area (Å²) in [4.78, 5) is 13.0. The molecule has 0 bridgehead atoms. The van der Waals surface area contributed by atoms with Crippen molar-refractivity contribution in [3.8, 4) is 17.2 Å². The van der Waals surface area contributed by atoms with E-state index in [-0.39, 0.29) is 11.2 Å². The van der Waals surface area contributed by atoms with Crippen molar-refractivity contribution in [2.75, 3.05) is 0 Å². The number of nitrogens with one attached hydrogen (secondary N) is 1. The molecule has 0 fully saturated rings. The first-order valence-corrected chi connectivity index (χ1v) is 4.00. The molecule has 6 heteroatoms. The van der Waals surface area contributed by atoms with Crippen molar-refractivity contribution in [2.45, 2.75) is 0 Å². The van der Waals surface area contributed by atoms with Gasteiger partial charge in [0.25, 0.3) is 0 Å². The van der Waals surface area contributed by atoms with Gasteiger partial charge in [0.05, 0.1) is 5.52 Å². The number of phenolic OH excluding ortho intramolecular Hbond substituents is 3. The molecule has 6 nitrogen and oxygen atoms in total. The second-order valence-corrected chi connectivity index (χ2v) is 3.05. The minimum absolute atomic E-state index is 0.0719. The van der Waals surface area contributed by atoms with E-state index in [0.717, 1.165) is 6.07 Å². The molecule has 0 atom stereocenters. The van der Waals surface area contributed by atoms with Crippen LogP contribution >= 0.6 is 0 Å². The van der Waals surface area contributed by atoms with Crippen LogP contribution in [0.2, 0.25) is 0 Å². The Morgan fingerprint density at radius 2 is 1.80 bits per heavy atom. The Morgan fingerprint density at radius 1 is 1.13 bits per heavy atom. The van der Waals surface area contributed by atoms with Crippen LogP contribution in [0.5, 0.6) is 17.2 Å². The predicted molar refractivity (Wildman–Crippen MR) is 50.3 cm³/mol. The molecule has 0 amide bonds. The fraction of sp³-hybridized carbons (Fsp3) is 0. The molecule has 0 spiro atoms. The molecular formula is C9H7NO5. The summed E-state index contributed by atoms with van der Waals surface area (Å²) in [6, 6.07) is 2.41. The van der Waals surface area contributed by atoms with Crippen LogP contribution in [0.3, 0.4) is 0 Å². The van der Waals surface area contributed by atoms with Gasteiger partial charge in [-0.3, -0.25) is 0 Å². The van der Waals surface area contributed by atoms with E-state index in [0.29, 0.717) is 5.39 Å². The topological polar surface area (TPSA) is 114 Å². The van der Waals surface area contributed by atoms with Crippen molar-refractivity contribution in [3.05, 3.63) is 17.8 Å². The van der Waals surface area contributed by atoms with Gasteiger partial charge in [0.1, 0.15) is 5.69 Å². The summed E-state index contributed by atoms with van der Waals surface area (Å²) in [5, 5.41) is 36.7. The van der Waals surface area contributed by atoms with Crippen LogP contribution < -0.4 is 0 Å². The first kappa shape index (κ1) is 9.20. The molecule has 2 aromatic rings. The molecule has 0 unspecified atom stereocenters. The van der Waals surface area contributed by atoms with Crippen LogP contribution in [0.15, 0.2) is 12.1 Å². The summed E-state index contributed by atoms with van der Waals surface area (Å²) < 4.78 is 0. The number of fused-ring (bicyclic) bond motifs is 1. The monoisotopic (exact) mass is 209 g/mol. The second-order valence-electron chi connectivity index (χ2n) is 3.05. The number of H-pyrrole nitrogens is 1. The Bertz CT molecular complexity index is 557. The van der Waals surface area contributed by atoms with E-state index in [9.17, 15) is 20.1 Å². The molecule has 15 heavy (non-hydrogen) atoms. The third-order valence-electron chi connectivity index (χ3n) is 2.07. The van der Waals surface area contributed by atoms with Gasteiger partial charge in [-0.2, -0.15) is 0 Å². The summed E-state index contributed by atoms with van der Waals surface area (Å²) in [6.45, 7) is 0. The predicted octanol–water partition coefficient (Wildman–Crippen LogP) is 0.983. The number of rotatable bonds is 1. The maximum Gasteiger partial charge on any atom is 0.352 e. The van der Waals surface area contributed by atoms with Crippen LogP contribution in [-0.2, 0) is 0 Å². The lowest BCUT2D eigenvalue weighted by molar-refractivity contribution is 0.0691. The molecule has 5 N–H and O–H groups in total. The molecule has 0 saturated heterocycles. The normalized spacial score (nSPS) is 10.7. The van der Waals surface area contributed by atoms with Crippen molar-refractivity contribution in [1.29, 1.82) is 0 Å². The fourth-order valence-corrected chi connectivity index (χ4v) is 1.35. The van der Waals surface area contributed by atoms with E-state index < -0.39 is 23.2 Å². The zero-order valence-corrected chi connectivity index (χ0v) is 7.35. The van der Waals surface area contributed by atoms with E-state index in [1.807, 2.05) is 0 Å². The second kappa shape index (κ2) is 2.81. The lowest BCUT2D eigenvalue weighted by atomic mass is 10.2. The highest BCUT2D eigenvalue weighted by Crippen LogP contribution is 2.40. The lowest BCUT2D eigenvalue weighted by Gasteiger charge is -2.00. The number of aromatic nitrogens is 1. The number of carboxylic acids is 1. The molecule has 0 aliphatic rings. The van der Waals surface area contributed by atoms with Crippen molar-refractivity contribution in [1.82, 2.24) is 4.98 Å². The SMILES string of the molecule is O=C(O)c1cc2cc(O)c(O)c(O)c2[nH]1. The standard InChI is InChI=1S/C9H7NO5/c11-5-2-3-1-4(9(14)15)10-6(3)8(13)7(5)12/h1-2,10-13H,(H,14,15). The van der Waals surface area contributed by atoms with Crippen molar-refractivity contribution < 1.29 is 25.2 Å². The molecule has 0 aliphatic carbocycles. The van der Waals surface area contributed by atoms with Gasteiger partial charge in [0.15, 0.2) is 11.5 Å². The van der Waals surface area contributed by atoms with Gasteiger partial charge >= 0.3 is 5.97 Å². The average Bonchev–Trinajstić information content (AvgIpc) is 2.58. The zero-order valence-electron chi connectivity index (χ0n) is 7.35. The molecular weight excluding hydrogens is 202 g/mol. The van der Waals surface area contributed by atoms with Crippen molar-refractivity contribution >= 4 is 16.9 Å². The lowest BCUT2D eigenvalue weighted by Crippen LogP contribution is -1.94. The number of benzene rings is 1. The quantitative estimate of drug-likeness (QED) is 0.449. The minimum atomic E-state index is -1.19. The van der Waals surface area contributed by atoms with Crippen molar-refractivity contribution in [3.63, 3.8) is 0 Å². The molecule has 1 heterocycles. The van der Waals surface area contributed by atoms with E-state index in [2.05, 4.69) is 4.98 Å². The Balaban J connectivity index is 2.82. The number of aromatic hydroxyl groups is 3. The highest BCUT2D eigenvalue weighted by atomic mass is 16.4. The van der Waals surface area contributed by atoms with Crippen LogP contribution in [0.1, 0.15) is 10.5 Å². The summed E-state index contributed by atoms with van der Waals surface area (Å²) in [5.41, 5.74) is -0.0620. The molecule has 0 saturated carbocycles. The third kappa shape index (κ3) is 1.23. The number of carbonyl (C=O) groups is 1. The van der Waals surface area contributed by atoms with Gasteiger partial charge < -0.3 is 25.4 Å². The maximum atomic E-state index is 10.6. The third-order valence-corrected chi connectivity index (χ3v) is 2.07. The Hall–Kier alpha value is -2.37. The minimum Gasteiger partial charge on any atom is -0.504 e. The molecule has 0 aliphatic heterocycles. The Kier molecular flexibility index (Phi) is 1.72. The summed E-state index contributed by atoms with van der Waals surface area (Å²) in [7, 11) is 0. The smallest absolute Gasteiger partial charge is 0.352 e. The van der Waals surface area contributed by atoms with Gasteiger partial charge in [-0.15, -0.1) is 0 Å². The first-order chi connectivity index (χ1) is 7.00. The highest BCUT2D eigenvalue weighted by molar-refractivity contribution is 5.97. The van der Waals surface area contributed by atoms with Gasteiger partial charge in [-0.05, 0) is 12.1 Å². The Labute approximate surface area is 83.0 Å². The van der Waals surface area contributed by atoms with Gasteiger partial charge in [0.2, 0.25) is 5.75 Å². The maximum absolute atomic E-state index is 10.6. The van der Waals surface area contributed by atoms with Crippen LogP contribution in [0.25, 0.3) is 10.9 Å². The van der Waals surface area contributed by atoms with Gasteiger partial charge in [-0.1, -0.05) is 0 Å². The Morgan fingerprint density at radius 3 is 2.40 bits per heavy atom. The molecule has 78 valence electrons. The molecule has 1 aromatic heterocycles. The van der Waals surface area contributed by atoms with Crippen LogP contribution in [-0.4, -0.2) is 31.4 Å². The van der Waals surface area contributed by atoms with Gasteiger partial charge in [-0.25, -0.2) is 4.79 Å². The highest BCUT2D eigenvalue weighted by Gasteiger charge is 2.15. The zero-order chi connectivity index (χ0) is 11.2. The number of carboxylic acid groups (broad SMARTS) is 1. The number of hydrogen-bond donors (Lipinski definition) is 5.